The van der Waals surface area contributed by atoms with Gasteiger partial charge in [0.25, 0.3) is 27.2 Å². The number of nitro benzene ring substituents is 1. The van der Waals surface area contributed by atoms with Gasteiger partial charge in [0.15, 0.2) is 6.61 Å². The molecule has 194 valence electrons. The van der Waals surface area contributed by atoms with Crippen molar-refractivity contribution >= 4 is 39.1 Å². The number of amides is 1. The van der Waals surface area contributed by atoms with Crippen LogP contribution in [0.25, 0.3) is 0 Å². The van der Waals surface area contributed by atoms with Crippen LogP contribution in [0.15, 0.2) is 63.0 Å². The summed E-state index contributed by atoms with van der Waals surface area (Å²) in [5, 5.41) is 23.3. The summed E-state index contributed by atoms with van der Waals surface area (Å²) in [6, 6.07) is 8.36. The Morgan fingerprint density at radius 1 is 1.08 bits per heavy atom. The molecule has 0 radical (unpaired) electrons. The standard InChI is InChI=1S/C21H19N5O10S/c1-24-17(10-19(29)25(2)21(24)31)22-18(28)11-36-20(30)15-7-6-12(8-16(15)27)23-37(34,35)14-5-3-4-13(9-14)26(32)33/h3-10,23,27H,11H2,1-2H3,(H,22,28). The smallest absolute Gasteiger partial charge is 0.342 e. The van der Waals surface area contributed by atoms with Gasteiger partial charge in [-0.1, -0.05) is 6.07 Å². The lowest BCUT2D eigenvalue weighted by molar-refractivity contribution is -0.385. The molecule has 37 heavy (non-hydrogen) atoms. The second kappa shape index (κ2) is 10.3. The maximum absolute atomic E-state index is 12.5. The molecule has 0 spiro atoms. The lowest BCUT2D eigenvalue weighted by atomic mass is 10.2. The molecule has 0 aliphatic carbocycles. The van der Waals surface area contributed by atoms with Gasteiger partial charge in [-0.25, -0.2) is 18.0 Å². The van der Waals surface area contributed by atoms with Gasteiger partial charge in [-0.15, -0.1) is 0 Å². The molecule has 16 heteroatoms. The van der Waals surface area contributed by atoms with E-state index < -0.39 is 66.6 Å². The summed E-state index contributed by atoms with van der Waals surface area (Å²) in [6.07, 6.45) is 0. The topological polar surface area (TPSA) is 209 Å². The Labute approximate surface area is 207 Å². The fourth-order valence-corrected chi connectivity index (χ4v) is 4.08. The molecule has 0 fully saturated rings. The van der Waals surface area contributed by atoms with Crippen LogP contribution in [0.5, 0.6) is 5.75 Å². The number of hydrogen-bond donors (Lipinski definition) is 3. The Morgan fingerprint density at radius 3 is 2.43 bits per heavy atom. The van der Waals surface area contributed by atoms with Gasteiger partial charge in [-0.3, -0.25) is 33.6 Å². The van der Waals surface area contributed by atoms with Crippen molar-refractivity contribution in [3.05, 3.63) is 85.0 Å². The van der Waals surface area contributed by atoms with Crippen LogP contribution < -0.4 is 21.3 Å². The fraction of sp³-hybridized carbons (Fsp3) is 0.143. The highest BCUT2D eigenvalue weighted by molar-refractivity contribution is 7.92. The molecule has 0 unspecified atom stereocenters. The monoisotopic (exact) mass is 533 g/mol. The Morgan fingerprint density at radius 2 is 1.78 bits per heavy atom. The van der Waals surface area contributed by atoms with E-state index in [2.05, 4.69) is 10.0 Å². The Balaban J connectivity index is 1.67. The number of ether oxygens (including phenoxy) is 1. The SMILES string of the molecule is Cn1c(NC(=O)COC(=O)c2ccc(NS(=O)(=O)c3cccc([N+](=O)[O-])c3)cc2O)cc(=O)n(C)c1=O. The molecule has 3 N–H and O–H groups in total. The van der Waals surface area contributed by atoms with E-state index in [4.69, 9.17) is 4.74 Å². The second-order valence-electron chi connectivity index (χ2n) is 7.48. The van der Waals surface area contributed by atoms with Crippen molar-refractivity contribution in [2.45, 2.75) is 4.90 Å². The Kier molecular flexibility index (Phi) is 7.43. The van der Waals surface area contributed by atoms with E-state index in [1.165, 1.54) is 20.2 Å². The number of nitrogens with zero attached hydrogens (tertiary/aromatic N) is 3. The first-order valence-electron chi connectivity index (χ1n) is 10.1. The first-order chi connectivity index (χ1) is 17.3. The number of aromatic nitrogens is 2. The molecule has 0 atom stereocenters. The van der Waals surface area contributed by atoms with Crippen LogP contribution in [0.3, 0.4) is 0 Å². The summed E-state index contributed by atoms with van der Waals surface area (Å²) in [6.45, 7) is -0.831. The number of nitrogens with one attached hydrogen (secondary N) is 2. The molecular weight excluding hydrogens is 514 g/mol. The normalized spacial score (nSPS) is 11.0. The van der Waals surface area contributed by atoms with Crippen LogP contribution in [-0.2, 0) is 33.7 Å². The van der Waals surface area contributed by atoms with Crippen molar-refractivity contribution in [1.29, 1.82) is 0 Å². The van der Waals surface area contributed by atoms with E-state index in [1.54, 1.807) is 0 Å². The molecule has 15 nitrogen and oxygen atoms in total. The number of rotatable bonds is 8. The third kappa shape index (κ3) is 5.99. The van der Waals surface area contributed by atoms with E-state index in [0.717, 1.165) is 51.6 Å². The van der Waals surface area contributed by atoms with Gasteiger partial charge in [0.1, 0.15) is 17.1 Å². The average Bonchev–Trinajstić information content (AvgIpc) is 2.84. The Bertz CT molecular complexity index is 1640. The number of esters is 1. The number of phenols is 1. The van der Waals surface area contributed by atoms with E-state index in [0.29, 0.717) is 0 Å². The van der Waals surface area contributed by atoms with Crippen LogP contribution in [0.4, 0.5) is 17.2 Å². The van der Waals surface area contributed by atoms with Gasteiger partial charge >= 0.3 is 11.7 Å². The van der Waals surface area contributed by atoms with Crippen molar-refractivity contribution in [3.8, 4) is 5.75 Å². The molecule has 0 aliphatic rings. The van der Waals surface area contributed by atoms with Gasteiger partial charge in [-0.05, 0) is 18.2 Å². The predicted molar refractivity (Wildman–Crippen MR) is 128 cm³/mol. The van der Waals surface area contributed by atoms with Crippen molar-refractivity contribution in [3.63, 3.8) is 0 Å². The van der Waals surface area contributed by atoms with Gasteiger partial charge in [0.05, 0.1) is 15.5 Å². The fourth-order valence-electron chi connectivity index (χ4n) is 2.99. The minimum atomic E-state index is -4.27. The lowest BCUT2D eigenvalue weighted by Crippen LogP contribution is -2.38. The van der Waals surface area contributed by atoms with Gasteiger partial charge in [0, 0.05) is 38.4 Å². The molecule has 3 rings (SSSR count). The molecule has 1 amide bonds. The minimum Gasteiger partial charge on any atom is -0.507 e. The third-order valence-corrected chi connectivity index (χ3v) is 6.32. The van der Waals surface area contributed by atoms with Crippen LogP contribution in [0.2, 0.25) is 0 Å². The summed E-state index contributed by atoms with van der Waals surface area (Å²) in [5.74, 6) is -2.81. The average molecular weight is 533 g/mol. The van der Waals surface area contributed by atoms with E-state index in [1.807, 2.05) is 0 Å². The summed E-state index contributed by atoms with van der Waals surface area (Å²) >= 11 is 0. The zero-order valence-electron chi connectivity index (χ0n) is 19.2. The van der Waals surface area contributed by atoms with Gasteiger partial charge in [0.2, 0.25) is 0 Å². The summed E-state index contributed by atoms with van der Waals surface area (Å²) in [4.78, 5) is 57.8. The molecule has 0 aliphatic heterocycles. The largest absolute Gasteiger partial charge is 0.507 e. The Hall–Kier alpha value is -4.99. The molecule has 0 bridgehead atoms. The van der Waals surface area contributed by atoms with Crippen molar-refractivity contribution in [2.24, 2.45) is 14.1 Å². The van der Waals surface area contributed by atoms with E-state index >= 15 is 0 Å². The number of carbonyl (C=O) groups excluding carboxylic acids is 2. The molecule has 1 aromatic heterocycles. The molecule has 2 aromatic carbocycles. The highest BCUT2D eigenvalue weighted by atomic mass is 32.2. The van der Waals surface area contributed by atoms with Crippen molar-refractivity contribution < 1.29 is 32.8 Å². The van der Waals surface area contributed by atoms with Crippen LogP contribution in [0.1, 0.15) is 10.4 Å². The third-order valence-electron chi connectivity index (χ3n) is 4.94. The number of phenolic OH excluding ortho intramolecular Hbond substituents is 1. The zero-order valence-corrected chi connectivity index (χ0v) is 20.0. The molecular formula is C21H19N5O10S. The van der Waals surface area contributed by atoms with E-state index in [-0.39, 0.29) is 11.5 Å². The lowest BCUT2D eigenvalue weighted by Gasteiger charge is -2.12. The van der Waals surface area contributed by atoms with Crippen molar-refractivity contribution in [1.82, 2.24) is 9.13 Å². The maximum Gasteiger partial charge on any atom is 0.342 e. The number of hydrogen-bond acceptors (Lipinski definition) is 10. The summed E-state index contributed by atoms with van der Waals surface area (Å²) in [7, 11) is -1.69. The zero-order chi connectivity index (χ0) is 27.5. The molecule has 0 saturated carbocycles. The summed E-state index contributed by atoms with van der Waals surface area (Å²) in [5.41, 5.74) is -2.35. The first kappa shape index (κ1) is 26.6. The number of benzene rings is 2. The predicted octanol–water partition coefficient (Wildman–Crippen LogP) is 0.294. The number of non-ortho nitro benzene ring substituents is 1. The first-order valence-corrected chi connectivity index (χ1v) is 11.6. The summed E-state index contributed by atoms with van der Waals surface area (Å²) < 4.78 is 33.8. The number of nitro groups is 1. The number of carbonyl (C=O) groups is 2. The van der Waals surface area contributed by atoms with Gasteiger partial charge < -0.3 is 15.2 Å². The maximum atomic E-state index is 12.5. The van der Waals surface area contributed by atoms with Crippen LogP contribution in [0, 0.1) is 10.1 Å². The van der Waals surface area contributed by atoms with Crippen LogP contribution in [-0.4, -0.2) is 46.1 Å². The minimum absolute atomic E-state index is 0.127. The molecule has 1 heterocycles. The number of anilines is 2. The molecule has 3 aromatic rings. The number of sulfonamides is 1. The highest BCUT2D eigenvalue weighted by Crippen LogP contribution is 2.26. The van der Waals surface area contributed by atoms with E-state index in [9.17, 15) is 42.8 Å². The highest BCUT2D eigenvalue weighted by Gasteiger charge is 2.20. The number of aromatic hydroxyl groups is 1. The quantitative estimate of drug-likeness (QED) is 0.205. The molecule has 0 saturated heterocycles. The second-order valence-corrected chi connectivity index (χ2v) is 9.17. The van der Waals surface area contributed by atoms with Gasteiger partial charge in [-0.2, -0.15) is 0 Å². The van der Waals surface area contributed by atoms with Crippen molar-refractivity contribution in [2.75, 3.05) is 16.6 Å². The van der Waals surface area contributed by atoms with Crippen LogP contribution >= 0.6 is 0 Å².